The molecule has 3 fully saturated rings. The van der Waals surface area contributed by atoms with Crippen molar-refractivity contribution in [3.05, 3.63) is 65.0 Å². The van der Waals surface area contributed by atoms with Gasteiger partial charge in [-0.15, -0.1) is 0 Å². The lowest BCUT2D eigenvalue weighted by atomic mass is 9.76. The molecular weight excluding hydrogens is 608 g/mol. The summed E-state index contributed by atoms with van der Waals surface area (Å²) in [4.78, 5) is 15.1. The Balaban J connectivity index is 1.48. The molecule has 5 nitrogen and oxygen atoms in total. The van der Waals surface area contributed by atoms with Gasteiger partial charge in [-0.2, -0.15) is 26.3 Å². The van der Waals surface area contributed by atoms with Crippen LogP contribution in [0.25, 0.3) is 0 Å². The molecule has 0 radical (unpaired) electrons. The molecule has 234 valence electrons. The number of rotatable bonds is 4. The number of carbonyl (C=O) groups is 1. The standard InChI is InChI=1S/C29H28F8N2O3S/c30-19-3-7-22(8-4-19)43(41,42)26-11-12-39(25(40)17-14-20-5-6-21(15-17)38-20)24(26)10-1-16-13-18(2-9-23(16)26)27(31,28(32,33)34)29(35,36)37/h2-4,7-9,13,17,20-21,24,38H,1,5-6,10-12,14-15H2/t17-,20+,21?,24+,26+/m0/s1. The van der Waals surface area contributed by atoms with E-state index in [0.29, 0.717) is 25.0 Å². The summed E-state index contributed by atoms with van der Waals surface area (Å²) in [7, 11) is -4.51. The van der Waals surface area contributed by atoms with Crippen LogP contribution in [0, 0.1) is 11.7 Å². The predicted molar refractivity (Wildman–Crippen MR) is 138 cm³/mol. The summed E-state index contributed by atoms with van der Waals surface area (Å²) in [6.45, 7) is -0.0114. The highest BCUT2D eigenvalue weighted by molar-refractivity contribution is 7.92. The van der Waals surface area contributed by atoms with Crippen molar-refractivity contribution in [2.75, 3.05) is 6.54 Å². The predicted octanol–water partition coefficient (Wildman–Crippen LogP) is 5.86. The molecule has 0 spiro atoms. The Bertz CT molecular complexity index is 1520. The number of hydrogen-bond donors (Lipinski definition) is 1. The maximum absolute atomic E-state index is 15.0. The van der Waals surface area contributed by atoms with Crippen LogP contribution in [0.1, 0.15) is 55.2 Å². The first kappa shape index (κ1) is 30.3. The molecule has 14 heteroatoms. The highest BCUT2D eigenvalue weighted by Crippen LogP contribution is 2.57. The van der Waals surface area contributed by atoms with E-state index in [2.05, 4.69) is 5.32 Å². The third kappa shape index (κ3) is 4.40. The largest absolute Gasteiger partial charge is 0.435 e. The zero-order chi connectivity index (χ0) is 31.2. The number of sulfone groups is 1. The lowest BCUT2D eigenvalue weighted by Gasteiger charge is -2.44. The summed E-state index contributed by atoms with van der Waals surface area (Å²) in [5.41, 5.74) is -7.63. The quantitative estimate of drug-likeness (QED) is 0.338. The summed E-state index contributed by atoms with van der Waals surface area (Å²) in [6.07, 6.45) is -10.1. The number of likely N-dealkylation sites (tertiary alicyclic amines) is 1. The van der Waals surface area contributed by atoms with E-state index in [4.69, 9.17) is 0 Å². The van der Waals surface area contributed by atoms with Crippen LogP contribution >= 0.6 is 0 Å². The van der Waals surface area contributed by atoms with Gasteiger partial charge in [-0.3, -0.25) is 4.79 Å². The van der Waals surface area contributed by atoms with Crippen LogP contribution in [0.5, 0.6) is 0 Å². The summed E-state index contributed by atoms with van der Waals surface area (Å²) < 4.78 is 137. The first-order chi connectivity index (χ1) is 20.0. The molecule has 3 saturated heterocycles. The highest BCUT2D eigenvalue weighted by Gasteiger charge is 2.74. The Kier molecular flexibility index (Phi) is 6.96. The third-order valence-corrected chi connectivity index (χ3v) is 12.3. The van der Waals surface area contributed by atoms with E-state index in [1.165, 1.54) is 4.90 Å². The van der Waals surface area contributed by atoms with Crippen molar-refractivity contribution in [2.45, 2.75) is 90.7 Å². The third-order valence-electron chi connectivity index (χ3n) is 9.77. The second-order valence-corrected chi connectivity index (χ2v) is 14.2. The number of alkyl halides is 7. The van der Waals surface area contributed by atoms with Crippen LogP contribution in [0.2, 0.25) is 0 Å². The molecule has 3 aliphatic heterocycles. The highest BCUT2D eigenvalue weighted by atomic mass is 32.2. The topological polar surface area (TPSA) is 66.5 Å². The average Bonchev–Trinajstić information content (AvgIpc) is 3.51. The lowest BCUT2D eigenvalue weighted by molar-refractivity contribution is -0.348. The Hall–Kier alpha value is -2.74. The van der Waals surface area contributed by atoms with E-state index in [0.717, 1.165) is 43.2 Å². The van der Waals surface area contributed by atoms with E-state index in [1.54, 1.807) is 0 Å². The number of carbonyl (C=O) groups excluding carboxylic acids is 1. The number of hydrogen-bond acceptors (Lipinski definition) is 4. The van der Waals surface area contributed by atoms with Gasteiger partial charge < -0.3 is 10.2 Å². The number of aryl methyl sites for hydroxylation is 1. The van der Waals surface area contributed by atoms with Gasteiger partial charge in [0.25, 0.3) is 0 Å². The fraction of sp³-hybridized carbons (Fsp3) is 0.552. The fourth-order valence-electron chi connectivity index (χ4n) is 7.81. The van der Waals surface area contributed by atoms with Gasteiger partial charge in [0.1, 0.15) is 10.6 Å². The normalized spacial score (nSPS) is 29.3. The minimum absolute atomic E-state index is 0.0114. The summed E-state index contributed by atoms with van der Waals surface area (Å²) >= 11 is 0. The Morgan fingerprint density at radius 1 is 0.884 bits per heavy atom. The number of halogens is 8. The first-order valence-electron chi connectivity index (χ1n) is 14.0. The molecule has 1 aliphatic carbocycles. The molecule has 0 saturated carbocycles. The summed E-state index contributed by atoms with van der Waals surface area (Å²) in [5, 5.41) is 3.44. The summed E-state index contributed by atoms with van der Waals surface area (Å²) in [5.74, 6) is -1.32. The molecule has 3 heterocycles. The number of piperidine rings is 1. The van der Waals surface area contributed by atoms with E-state index in [9.17, 15) is 48.3 Å². The molecule has 2 aromatic rings. The molecule has 2 bridgehead atoms. The fourth-order valence-corrected chi connectivity index (χ4v) is 10.2. The number of amides is 1. The van der Waals surface area contributed by atoms with Crippen molar-refractivity contribution in [2.24, 2.45) is 5.92 Å². The second kappa shape index (κ2) is 9.88. The Morgan fingerprint density at radius 3 is 2.07 bits per heavy atom. The molecule has 43 heavy (non-hydrogen) atoms. The number of benzene rings is 2. The van der Waals surface area contributed by atoms with Gasteiger partial charge in [-0.25, -0.2) is 17.2 Å². The molecular formula is C29H28F8N2O3S. The molecule has 5 atom stereocenters. The summed E-state index contributed by atoms with van der Waals surface area (Å²) in [6, 6.07) is 4.87. The Labute approximate surface area is 242 Å². The van der Waals surface area contributed by atoms with Crippen LogP contribution in [0.4, 0.5) is 35.1 Å². The van der Waals surface area contributed by atoms with Gasteiger partial charge in [-0.1, -0.05) is 18.2 Å². The molecule has 1 unspecified atom stereocenters. The van der Waals surface area contributed by atoms with Crippen LogP contribution in [0.15, 0.2) is 47.4 Å². The second-order valence-electron chi connectivity index (χ2n) is 12.0. The maximum atomic E-state index is 15.0. The number of nitrogens with zero attached hydrogens (tertiary/aromatic N) is 1. The molecule has 1 amide bonds. The van der Waals surface area contributed by atoms with Gasteiger partial charge in [0.2, 0.25) is 5.91 Å². The zero-order valence-corrected chi connectivity index (χ0v) is 23.4. The minimum atomic E-state index is -6.33. The van der Waals surface area contributed by atoms with Crippen molar-refractivity contribution < 1.29 is 48.3 Å². The molecule has 4 aliphatic rings. The molecule has 0 aromatic heterocycles. The minimum Gasteiger partial charge on any atom is -0.337 e. The zero-order valence-electron chi connectivity index (χ0n) is 22.6. The molecule has 1 N–H and O–H groups in total. The van der Waals surface area contributed by atoms with Gasteiger partial charge in [0.15, 0.2) is 9.84 Å². The van der Waals surface area contributed by atoms with Crippen LogP contribution < -0.4 is 5.32 Å². The van der Waals surface area contributed by atoms with E-state index in [-0.39, 0.29) is 65.7 Å². The van der Waals surface area contributed by atoms with E-state index < -0.39 is 50.0 Å². The average molecular weight is 637 g/mol. The van der Waals surface area contributed by atoms with Crippen LogP contribution in [0.3, 0.4) is 0 Å². The lowest BCUT2D eigenvalue weighted by Crippen LogP contribution is -2.54. The maximum Gasteiger partial charge on any atom is 0.435 e. The van der Waals surface area contributed by atoms with Crippen molar-refractivity contribution in [3.63, 3.8) is 0 Å². The number of nitrogens with one attached hydrogen (secondary N) is 1. The Morgan fingerprint density at radius 2 is 1.49 bits per heavy atom. The van der Waals surface area contributed by atoms with Crippen LogP contribution in [-0.4, -0.2) is 56.2 Å². The van der Waals surface area contributed by atoms with Gasteiger partial charge in [0, 0.05) is 30.1 Å². The molecule has 2 aromatic carbocycles. The van der Waals surface area contributed by atoms with Crippen molar-refractivity contribution in [1.29, 1.82) is 0 Å². The van der Waals surface area contributed by atoms with E-state index >= 15 is 0 Å². The first-order valence-corrected chi connectivity index (χ1v) is 15.5. The molecule has 6 rings (SSSR count). The van der Waals surface area contributed by atoms with Gasteiger partial charge in [-0.05, 0) is 80.3 Å². The van der Waals surface area contributed by atoms with Crippen molar-refractivity contribution in [3.8, 4) is 0 Å². The van der Waals surface area contributed by atoms with Gasteiger partial charge in [0.05, 0.1) is 10.9 Å². The SMILES string of the molecule is O=C([C@@H]1CC2CC[C@H](C1)N2)N1CC[C@@]2(S(=O)(=O)c3ccc(F)cc3)c3ccc(C(F)(C(F)(F)F)C(F)(F)F)cc3CC[C@@H]12. The monoisotopic (exact) mass is 636 g/mol. The van der Waals surface area contributed by atoms with Gasteiger partial charge >= 0.3 is 18.0 Å². The smallest absolute Gasteiger partial charge is 0.337 e. The van der Waals surface area contributed by atoms with Crippen LogP contribution in [-0.2, 0) is 31.5 Å². The number of fused-ring (bicyclic) bond motifs is 5. The van der Waals surface area contributed by atoms with E-state index in [1.807, 2.05) is 0 Å². The van der Waals surface area contributed by atoms with Crippen molar-refractivity contribution >= 4 is 15.7 Å². The van der Waals surface area contributed by atoms with Crippen molar-refractivity contribution in [1.82, 2.24) is 10.2 Å².